The van der Waals surface area contributed by atoms with Gasteiger partial charge in [0.2, 0.25) is 0 Å². The fraction of sp³-hybridized carbons (Fsp3) is 0.200. The van der Waals surface area contributed by atoms with Gasteiger partial charge in [-0.15, -0.1) is 0 Å². The Labute approximate surface area is 106 Å². The minimum Gasteiger partial charge on any atom is -0.457 e. The molecule has 2 heteroatoms. The first-order chi connectivity index (χ1) is 8.38. The van der Waals surface area contributed by atoms with Gasteiger partial charge in [0.15, 0.2) is 0 Å². The van der Waals surface area contributed by atoms with Gasteiger partial charge in [-0.1, -0.05) is 42.8 Å². The van der Waals surface area contributed by atoms with Gasteiger partial charge < -0.3 is 4.74 Å². The first-order valence-electron chi connectivity index (χ1n) is 6.20. The molecule has 0 unspecified atom stereocenters. The van der Waals surface area contributed by atoms with Gasteiger partial charge in [0.05, 0.1) is 0 Å². The van der Waals surface area contributed by atoms with Crippen LogP contribution in [0.1, 0.15) is 12.0 Å². The predicted molar refractivity (Wildman–Crippen MR) is 76.0 cm³/mol. The highest BCUT2D eigenvalue weighted by molar-refractivity contribution is 6.08. The van der Waals surface area contributed by atoms with Gasteiger partial charge in [-0.25, -0.2) is 0 Å². The van der Waals surface area contributed by atoms with E-state index in [-0.39, 0.29) is 0 Å². The van der Waals surface area contributed by atoms with E-state index in [1.165, 1.54) is 28.3 Å². The standard InChI is InChI=1S/C15H18OSi/c17-11-5-7-13-6-4-10-15(12-13)16-14-8-2-1-3-9-14/h1-4,6,8-10,12H,5,7,11H2,17H3. The highest BCUT2D eigenvalue weighted by atomic mass is 28.1. The van der Waals surface area contributed by atoms with Crippen molar-refractivity contribution in [3.8, 4) is 11.5 Å². The summed E-state index contributed by atoms with van der Waals surface area (Å²) in [6.07, 6.45) is 2.45. The van der Waals surface area contributed by atoms with Crippen LogP contribution in [0.15, 0.2) is 54.6 Å². The Hall–Kier alpha value is -1.54. The molecule has 0 aromatic heterocycles. The number of rotatable bonds is 5. The zero-order valence-corrected chi connectivity index (χ0v) is 12.2. The summed E-state index contributed by atoms with van der Waals surface area (Å²) in [5.41, 5.74) is 1.37. The fourth-order valence-electron chi connectivity index (χ4n) is 1.77. The molecule has 2 aromatic rings. The summed E-state index contributed by atoms with van der Waals surface area (Å²) in [4.78, 5) is 0. The molecule has 0 N–H and O–H groups in total. The minimum absolute atomic E-state index is 0.896. The molecule has 0 bridgehead atoms. The molecule has 0 spiro atoms. The van der Waals surface area contributed by atoms with E-state index in [4.69, 9.17) is 4.74 Å². The number of benzene rings is 2. The van der Waals surface area contributed by atoms with Gasteiger partial charge in [0, 0.05) is 10.2 Å². The Kier molecular flexibility index (Phi) is 4.39. The molecular weight excluding hydrogens is 224 g/mol. The van der Waals surface area contributed by atoms with E-state index in [1.807, 2.05) is 36.4 Å². The van der Waals surface area contributed by atoms with E-state index < -0.39 is 0 Å². The number of ether oxygens (including phenoxy) is 1. The number of para-hydroxylation sites is 1. The Balaban J connectivity index is 2.06. The summed E-state index contributed by atoms with van der Waals surface area (Å²) in [6, 6.07) is 19.7. The first kappa shape index (κ1) is 11.9. The van der Waals surface area contributed by atoms with E-state index in [9.17, 15) is 0 Å². The largest absolute Gasteiger partial charge is 0.457 e. The lowest BCUT2D eigenvalue weighted by Gasteiger charge is -2.07. The smallest absolute Gasteiger partial charge is 0.127 e. The lowest BCUT2D eigenvalue weighted by molar-refractivity contribution is 0.482. The van der Waals surface area contributed by atoms with Gasteiger partial charge in [-0.2, -0.15) is 0 Å². The lowest BCUT2D eigenvalue weighted by atomic mass is 10.1. The summed E-state index contributed by atoms with van der Waals surface area (Å²) in [5.74, 6) is 1.83. The van der Waals surface area contributed by atoms with E-state index in [0.29, 0.717) is 0 Å². The Morgan fingerprint density at radius 1 is 0.882 bits per heavy atom. The molecule has 0 fully saturated rings. The topological polar surface area (TPSA) is 9.23 Å². The molecule has 17 heavy (non-hydrogen) atoms. The third-order valence-corrected chi connectivity index (χ3v) is 3.40. The van der Waals surface area contributed by atoms with Crippen LogP contribution in [-0.2, 0) is 6.42 Å². The molecule has 0 aliphatic carbocycles. The maximum atomic E-state index is 5.81. The molecule has 0 saturated carbocycles. The normalized spacial score (nSPS) is 10.4. The average molecular weight is 242 g/mol. The highest BCUT2D eigenvalue weighted by Crippen LogP contribution is 2.22. The Bertz CT molecular complexity index is 453. The molecule has 2 rings (SSSR count). The van der Waals surface area contributed by atoms with Crippen LogP contribution in [0.2, 0.25) is 6.04 Å². The molecule has 0 heterocycles. The van der Waals surface area contributed by atoms with Crippen LogP contribution in [0.3, 0.4) is 0 Å². The summed E-state index contributed by atoms with van der Waals surface area (Å²) in [5, 5.41) is 0. The monoisotopic (exact) mass is 242 g/mol. The second kappa shape index (κ2) is 6.26. The maximum Gasteiger partial charge on any atom is 0.127 e. The SMILES string of the molecule is [SiH3]CCCc1cccc(Oc2ccccc2)c1. The summed E-state index contributed by atoms with van der Waals surface area (Å²) in [6.45, 7) is 0. The molecule has 0 aliphatic rings. The molecule has 0 radical (unpaired) electrons. The van der Waals surface area contributed by atoms with Crippen molar-refractivity contribution in [3.63, 3.8) is 0 Å². The van der Waals surface area contributed by atoms with Crippen LogP contribution >= 0.6 is 0 Å². The van der Waals surface area contributed by atoms with Gasteiger partial charge in [0.25, 0.3) is 0 Å². The van der Waals surface area contributed by atoms with Gasteiger partial charge in [-0.3, -0.25) is 0 Å². The molecule has 2 aromatic carbocycles. The summed E-state index contributed by atoms with van der Waals surface area (Å²) in [7, 11) is 1.30. The van der Waals surface area contributed by atoms with Gasteiger partial charge in [0.1, 0.15) is 11.5 Å². The second-order valence-electron chi connectivity index (χ2n) is 4.17. The van der Waals surface area contributed by atoms with E-state index in [2.05, 4.69) is 18.2 Å². The number of aryl methyl sites for hydroxylation is 1. The van der Waals surface area contributed by atoms with Crippen LogP contribution in [0.4, 0.5) is 0 Å². The summed E-state index contributed by atoms with van der Waals surface area (Å²) < 4.78 is 5.81. The quantitative estimate of drug-likeness (QED) is 0.732. The molecular formula is C15H18OSi. The number of hydrogen-bond donors (Lipinski definition) is 0. The third kappa shape index (κ3) is 3.75. The van der Waals surface area contributed by atoms with E-state index in [0.717, 1.165) is 17.9 Å². The van der Waals surface area contributed by atoms with Crippen molar-refractivity contribution in [2.75, 3.05) is 0 Å². The van der Waals surface area contributed by atoms with Gasteiger partial charge in [-0.05, 0) is 36.2 Å². The van der Waals surface area contributed by atoms with Crippen molar-refractivity contribution in [3.05, 3.63) is 60.2 Å². The molecule has 0 atom stereocenters. The van der Waals surface area contributed by atoms with E-state index in [1.54, 1.807) is 0 Å². The van der Waals surface area contributed by atoms with Crippen LogP contribution in [-0.4, -0.2) is 10.2 Å². The Morgan fingerprint density at radius 3 is 2.41 bits per heavy atom. The van der Waals surface area contributed by atoms with Crippen LogP contribution in [0, 0.1) is 0 Å². The maximum absolute atomic E-state index is 5.81. The average Bonchev–Trinajstić information content (AvgIpc) is 2.38. The van der Waals surface area contributed by atoms with Crippen molar-refractivity contribution in [2.45, 2.75) is 18.9 Å². The first-order valence-corrected chi connectivity index (χ1v) is 7.62. The van der Waals surface area contributed by atoms with Crippen molar-refractivity contribution < 1.29 is 4.74 Å². The van der Waals surface area contributed by atoms with Gasteiger partial charge >= 0.3 is 0 Å². The number of hydrogen-bond acceptors (Lipinski definition) is 1. The van der Waals surface area contributed by atoms with Crippen LogP contribution in [0.25, 0.3) is 0 Å². The van der Waals surface area contributed by atoms with Crippen molar-refractivity contribution in [1.29, 1.82) is 0 Å². The highest BCUT2D eigenvalue weighted by Gasteiger charge is 1.98. The lowest BCUT2D eigenvalue weighted by Crippen LogP contribution is -1.88. The molecule has 0 aliphatic heterocycles. The van der Waals surface area contributed by atoms with Crippen molar-refractivity contribution in [2.24, 2.45) is 0 Å². The predicted octanol–water partition coefficient (Wildman–Crippen LogP) is 3.20. The molecule has 1 nitrogen and oxygen atoms in total. The summed E-state index contributed by atoms with van der Waals surface area (Å²) >= 11 is 0. The fourth-order valence-corrected chi connectivity index (χ4v) is 2.12. The van der Waals surface area contributed by atoms with Crippen molar-refractivity contribution >= 4 is 10.2 Å². The minimum atomic E-state index is 0.896. The van der Waals surface area contributed by atoms with Crippen LogP contribution in [0.5, 0.6) is 11.5 Å². The zero-order chi connectivity index (χ0) is 11.9. The molecule has 0 saturated heterocycles. The van der Waals surface area contributed by atoms with Crippen molar-refractivity contribution in [1.82, 2.24) is 0 Å². The van der Waals surface area contributed by atoms with Crippen LogP contribution < -0.4 is 4.74 Å². The molecule has 0 amide bonds. The zero-order valence-electron chi connectivity index (χ0n) is 10.2. The Morgan fingerprint density at radius 2 is 1.65 bits per heavy atom. The van der Waals surface area contributed by atoms with E-state index >= 15 is 0 Å². The molecule has 88 valence electrons. The third-order valence-electron chi connectivity index (χ3n) is 2.70. The second-order valence-corrected chi connectivity index (χ2v) is 5.17.